The van der Waals surface area contributed by atoms with E-state index in [1.165, 1.54) is 0 Å². The smallest absolute Gasteiger partial charge is 0.158 e. The molecule has 0 spiro atoms. The van der Waals surface area contributed by atoms with Crippen LogP contribution in [0.2, 0.25) is 0 Å². The van der Waals surface area contributed by atoms with Gasteiger partial charge in [-0.3, -0.25) is 0 Å². The van der Waals surface area contributed by atoms with Gasteiger partial charge < -0.3 is 20.1 Å². The Hall–Kier alpha value is -1.40. The number of aromatic nitrogens is 2. The monoisotopic (exact) mass is 266 g/mol. The molecule has 6 nitrogen and oxygen atoms in total. The molecular formula is C13H22N4O2. The van der Waals surface area contributed by atoms with Crippen molar-refractivity contribution in [3.05, 3.63) is 11.9 Å². The summed E-state index contributed by atoms with van der Waals surface area (Å²) in [5.74, 6) is 1.99. The number of hydrogen-bond donors (Lipinski definition) is 1. The molecule has 1 aromatic rings. The van der Waals surface area contributed by atoms with Gasteiger partial charge in [0.1, 0.15) is 18.2 Å². The first kappa shape index (κ1) is 14.0. The van der Waals surface area contributed by atoms with E-state index in [0.29, 0.717) is 24.9 Å². The van der Waals surface area contributed by atoms with E-state index in [9.17, 15) is 0 Å². The topological polar surface area (TPSA) is 73.5 Å². The van der Waals surface area contributed by atoms with Crippen LogP contribution >= 0.6 is 0 Å². The fraction of sp³-hybridized carbons (Fsp3) is 0.692. The highest BCUT2D eigenvalue weighted by Gasteiger charge is 2.20. The van der Waals surface area contributed by atoms with E-state index >= 15 is 0 Å². The molecular weight excluding hydrogens is 244 g/mol. The normalized spacial score (nSPS) is 19.7. The van der Waals surface area contributed by atoms with Crippen molar-refractivity contribution in [2.45, 2.75) is 33.0 Å². The molecule has 1 unspecified atom stereocenters. The van der Waals surface area contributed by atoms with E-state index in [1.807, 2.05) is 13.0 Å². The van der Waals surface area contributed by atoms with Crippen LogP contribution in [0.1, 0.15) is 26.1 Å². The predicted octanol–water partition coefficient (Wildman–Crippen LogP) is 1.21. The molecule has 0 bridgehead atoms. The summed E-state index contributed by atoms with van der Waals surface area (Å²) >= 11 is 0. The summed E-state index contributed by atoms with van der Waals surface area (Å²) < 4.78 is 11.0. The Labute approximate surface area is 113 Å². The highest BCUT2D eigenvalue weighted by atomic mass is 16.5. The first-order chi connectivity index (χ1) is 9.22. The number of ether oxygens (including phenoxy) is 2. The standard InChI is InChI=1S/C13H22N4O2/c1-3-10-8-17(5-6-19-10)13-7-11(14)15-12(16-13)9-18-4-2/h7,10H,3-6,8-9H2,1-2H3,(H2,14,15,16). The Morgan fingerprint density at radius 1 is 1.47 bits per heavy atom. The molecule has 0 amide bonds. The molecule has 1 aliphatic rings. The van der Waals surface area contributed by atoms with Gasteiger partial charge in [0.15, 0.2) is 5.82 Å². The molecule has 1 atom stereocenters. The molecule has 1 fully saturated rings. The first-order valence-corrected chi connectivity index (χ1v) is 6.80. The van der Waals surface area contributed by atoms with Crippen molar-refractivity contribution in [2.75, 3.05) is 36.9 Å². The number of rotatable bonds is 5. The van der Waals surface area contributed by atoms with Crippen molar-refractivity contribution in [1.82, 2.24) is 9.97 Å². The first-order valence-electron chi connectivity index (χ1n) is 6.80. The zero-order valence-electron chi connectivity index (χ0n) is 11.6. The van der Waals surface area contributed by atoms with Gasteiger partial charge >= 0.3 is 0 Å². The van der Waals surface area contributed by atoms with E-state index in [2.05, 4.69) is 21.8 Å². The molecule has 6 heteroatoms. The fourth-order valence-corrected chi connectivity index (χ4v) is 2.10. The predicted molar refractivity (Wildman–Crippen MR) is 74.0 cm³/mol. The molecule has 0 saturated carbocycles. The van der Waals surface area contributed by atoms with E-state index < -0.39 is 0 Å². The lowest BCUT2D eigenvalue weighted by atomic mass is 10.2. The molecule has 2 heterocycles. The molecule has 0 aromatic carbocycles. The fourth-order valence-electron chi connectivity index (χ4n) is 2.10. The minimum atomic E-state index is 0.264. The van der Waals surface area contributed by atoms with Crippen LogP contribution in [0.25, 0.3) is 0 Å². The zero-order chi connectivity index (χ0) is 13.7. The molecule has 0 radical (unpaired) electrons. The average Bonchev–Trinajstić information content (AvgIpc) is 2.44. The van der Waals surface area contributed by atoms with Crippen molar-refractivity contribution in [2.24, 2.45) is 0 Å². The van der Waals surface area contributed by atoms with Crippen molar-refractivity contribution >= 4 is 11.6 Å². The van der Waals surface area contributed by atoms with Gasteiger partial charge in [-0.2, -0.15) is 0 Å². The Morgan fingerprint density at radius 2 is 2.32 bits per heavy atom. The number of nitrogens with two attached hydrogens (primary N) is 1. The molecule has 1 aromatic heterocycles. The van der Waals surface area contributed by atoms with Crippen molar-refractivity contribution in [3.63, 3.8) is 0 Å². The van der Waals surface area contributed by atoms with Crippen LogP contribution in [-0.4, -0.2) is 42.4 Å². The molecule has 106 valence electrons. The average molecular weight is 266 g/mol. The van der Waals surface area contributed by atoms with Gasteiger partial charge in [-0.25, -0.2) is 9.97 Å². The third-order valence-electron chi connectivity index (χ3n) is 3.13. The number of morpholine rings is 1. The molecule has 19 heavy (non-hydrogen) atoms. The van der Waals surface area contributed by atoms with Crippen LogP contribution in [0.5, 0.6) is 0 Å². The van der Waals surface area contributed by atoms with Crippen molar-refractivity contribution in [3.8, 4) is 0 Å². The summed E-state index contributed by atoms with van der Waals surface area (Å²) in [5, 5.41) is 0. The summed E-state index contributed by atoms with van der Waals surface area (Å²) in [5.41, 5.74) is 5.84. The molecule has 2 rings (SSSR count). The lowest BCUT2D eigenvalue weighted by molar-refractivity contribution is 0.0381. The second-order valence-corrected chi connectivity index (χ2v) is 4.55. The van der Waals surface area contributed by atoms with Gasteiger partial charge in [0.2, 0.25) is 0 Å². The Morgan fingerprint density at radius 3 is 3.05 bits per heavy atom. The van der Waals surface area contributed by atoms with Crippen LogP contribution < -0.4 is 10.6 Å². The summed E-state index contributed by atoms with van der Waals surface area (Å²) in [6.45, 7) is 7.52. The van der Waals surface area contributed by atoms with Crippen LogP contribution in [0.4, 0.5) is 11.6 Å². The highest BCUT2D eigenvalue weighted by molar-refractivity contribution is 5.47. The number of nitrogens with zero attached hydrogens (tertiary/aromatic N) is 3. The maximum Gasteiger partial charge on any atom is 0.158 e. The number of hydrogen-bond acceptors (Lipinski definition) is 6. The van der Waals surface area contributed by atoms with E-state index in [0.717, 1.165) is 31.9 Å². The van der Waals surface area contributed by atoms with Crippen molar-refractivity contribution in [1.29, 1.82) is 0 Å². The van der Waals surface area contributed by atoms with Gasteiger partial charge in [-0.05, 0) is 13.3 Å². The lowest BCUT2D eigenvalue weighted by Crippen LogP contribution is -2.42. The molecule has 1 aliphatic heterocycles. The Bertz CT molecular complexity index is 414. The highest BCUT2D eigenvalue weighted by Crippen LogP contribution is 2.18. The van der Waals surface area contributed by atoms with Crippen molar-refractivity contribution < 1.29 is 9.47 Å². The van der Waals surface area contributed by atoms with Gasteiger partial charge in [0, 0.05) is 25.8 Å². The molecule has 0 aliphatic carbocycles. The van der Waals surface area contributed by atoms with Gasteiger partial charge in [-0.15, -0.1) is 0 Å². The summed E-state index contributed by atoms with van der Waals surface area (Å²) in [6.07, 6.45) is 1.27. The summed E-state index contributed by atoms with van der Waals surface area (Å²) in [4.78, 5) is 10.9. The third-order valence-corrected chi connectivity index (χ3v) is 3.13. The second kappa shape index (κ2) is 6.68. The van der Waals surface area contributed by atoms with Crippen LogP contribution in [0, 0.1) is 0 Å². The Kier molecular flexibility index (Phi) is 4.93. The third kappa shape index (κ3) is 3.78. The maximum atomic E-state index is 5.84. The number of nitrogen functional groups attached to an aromatic ring is 1. The summed E-state index contributed by atoms with van der Waals surface area (Å²) in [7, 11) is 0. The SMILES string of the molecule is CCOCc1nc(N)cc(N2CCOC(CC)C2)n1. The van der Waals surface area contributed by atoms with Crippen LogP contribution in [0.3, 0.4) is 0 Å². The van der Waals surface area contributed by atoms with E-state index in [-0.39, 0.29) is 6.10 Å². The second-order valence-electron chi connectivity index (χ2n) is 4.55. The van der Waals surface area contributed by atoms with Gasteiger partial charge in [-0.1, -0.05) is 6.92 Å². The molecule has 2 N–H and O–H groups in total. The van der Waals surface area contributed by atoms with Crippen LogP contribution in [-0.2, 0) is 16.1 Å². The van der Waals surface area contributed by atoms with Gasteiger partial charge in [0.05, 0.1) is 12.7 Å². The van der Waals surface area contributed by atoms with E-state index in [1.54, 1.807) is 0 Å². The number of anilines is 2. The molecule has 1 saturated heterocycles. The minimum absolute atomic E-state index is 0.264. The lowest BCUT2D eigenvalue weighted by Gasteiger charge is -2.33. The van der Waals surface area contributed by atoms with Gasteiger partial charge in [0.25, 0.3) is 0 Å². The van der Waals surface area contributed by atoms with E-state index in [4.69, 9.17) is 15.2 Å². The van der Waals surface area contributed by atoms with Crippen LogP contribution in [0.15, 0.2) is 6.07 Å². The quantitative estimate of drug-likeness (QED) is 0.863. The Balaban J connectivity index is 2.11. The largest absolute Gasteiger partial charge is 0.384 e. The minimum Gasteiger partial charge on any atom is -0.384 e. The maximum absolute atomic E-state index is 5.84. The zero-order valence-corrected chi connectivity index (χ0v) is 11.6. The summed E-state index contributed by atoms with van der Waals surface area (Å²) in [6, 6.07) is 1.81.